The molecule has 0 fully saturated rings. The van der Waals surface area contributed by atoms with Crippen molar-refractivity contribution in [3.63, 3.8) is 0 Å². The Hall–Kier alpha value is -2.58. The lowest BCUT2D eigenvalue weighted by Gasteiger charge is -2.11. The number of benzene rings is 2. The van der Waals surface area contributed by atoms with Crippen LogP contribution in [0.15, 0.2) is 52.5 Å². The number of rotatable bonds is 11. The predicted octanol–water partition coefficient (Wildman–Crippen LogP) is 7.04. The summed E-state index contributed by atoms with van der Waals surface area (Å²) in [6.45, 7) is 4.78. The smallest absolute Gasteiger partial charge is 0.266 e. The molecular formula is C25H29BrN2O2. The molecule has 0 bridgehead atoms. The lowest BCUT2D eigenvalue weighted by atomic mass is 10.1. The van der Waals surface area contributed by atoms with Crippen LogP contribution in [-0.4, -0.2) is 12.5 Å². The van der Waals surface area contributed by atoms with Crippen LogP contribution >= 0.6 is 15.9 Å². The first kappa shape index (κ1) is 23.7. The van der Waals surface area contributed by atoms with E-state index in [0.29, 0.717) is 23.6 Å². The number of nitriles is 1. The van der Waals surface area contributed by atoms with Crippen LogP contribution in [0.5, 0.6) is 5.75 Å². The molecule has 0 aliphatic heterocycles. The van der Waals surface area contributed by atoms with Gasteiger partial charge < -0.3 is 10.1 Å². The van der Waals surface area contributed by atoms with E-state index in [1.165, 1.54) is 25.7 Å². The summed E-state index contributed by atoms with van der Waals surface area (Å²) in [5.41, 5.74) is 2.42. The number of ether oxygens (including phenoxy) is 1. The zero-order chi connectivity index (χ0) is 21.8. The molecule has 0 aliphatic rings. The summed E-state index contributed by atoms with van der Waals surface area (Å²) in [5, 5.41) is 12.3. The van der Waals surface area contributed by atoms with Gasteiger partial charge in [0, 0.05) is 15.7 Å². The van der Waals surface area contributed by atoms with Crippen LogP contribution in [0.3, 0.4) is 0 Å². The van der Waals surface area contributed by atoms with E-state index in [2.05, 4.69) is 28.2 Å². The lowest BCUT2D eigenvalue weighted by molar-refractivity contribution is -0.112. The minimum Gasteiger partial charge on any atom is -0.493 e. The van der Waals surface area contributed by atoms with Crippen molar-refractivity contribution in [1.29, 1.82) is 5.26 Å². The number of nitrogens with one attached hydrogen (secondary N) is 1. The number of carbonyl (C=O) groups is 1. The second-order valence-electron chi connectivity index (χ2n) is 7.29. The Morgan fingerprint density at radius 2 is 1.90 bits per heavy atom. The maximum atomic E-state index is 12.6. The van der Waals surface area contributed by atoms with Crippen molar-refractivity contribution in [3.8, 4) is 11.8 Å². The van der Waals surface area contributed by atoms with Gasteiger partial charge in [0.05, 0.1) is 6.61 Å². The highest BCUT2D eigenvalue weighted by Gasteiger charge is 2.12. The number of aryl methyl sites for hydroxylation is 1. The number of halogens is 1. The highest BCUT2D eigenvalue weighted by molar-refractivity contribution is 9.10. The molecular weight excluding hydrogens is 440 g/mol. The van der Waals surface area contributed by atoms with E-state index in [9.17, 15) is 10.1 Å². The van der Waals surface area contributed by atoms with Gasteiger partial charge in [-0.2, -0.15) is 5.26 Å². The van der Waals surface area contributed by atoms with E-state index in [1.807, 2.05) is 49.4 Å². The normalized spacial score (nSPS) is 11.1. The van der Waals surface area contributed by atoms with Crippen molar-refractivity contribution in [3.05, 3.63) is 63.6 Å². The van der Waals surface area contributed by atoms with Crippen LogP contribution in [0.1, 0.15) is 56.6 Å². The van der Waals surface area contributed by atoms with E-state index in [4.69, 9.17) is 4.74 Å². The molecule has 0 saturated heterocycles. The number of hydrogen-bond acceptors (Lipinski definition) is 3. The third kappa shape index (κ3) is 8.04. The van der Waals surface area contributed by atoms with Crippen LogP contribution in [-0.2, 0) is 4.79 Å². The summed E-state index contributed by atoms with van der Waals surface area (Å²) < 4.78 is 6.81. The van der Waals surface area contributed by atoms with Crippen molar-refractivity contribution in [1.82, 2.24) is 0 Å². The summed E-state index contributed by atoms with van der Waals surface area (Å²) in [6.07, 6.45) is 8.72. The molecule has 158 valence electrons. The van der Waals surface area contributed by atoms with Gasteiger partial charge in [-0.1, -0.05) is 67.1 Å². The Morgan fingerprint density at radius 1 is 1.13 bits per heavy atom. The average molecular weight is 469 g/mol. The van der Waals surface area contributed by atoms with Gasteiger partial charge in [0.1, 0.15) is 17.4 Å². The summed E-state index contributed by atoms with van der Waals surface area (Å²) in [6, 6.07) is 15.1. The topological polar surface area (TPSA) is 62.1 Å². The number of hydrogen-bond donors (Lipinski definition) is 1. The fraction of sp³-hybridized carbons (Fsp3) is 0.360. The summed E-state index contributed by atoms with van der Waals surface area (Å²) in [7, 11) is 0. The molecule has 0 spiro atoms. The Kier molecular flexibility index (Phi) is 10.2. The third-order valence-corrected chi connectivity index (χ3v) is 5.16. The molecule has 4 nitrogen and oxygen atoms in total. The predicted molar refractivity (Wildman–Crippen MR) is 126 cm³/mol. The van der Waals surface area contributed by atoms with E-state index >= 15 is 0 Å². The van der Waals surface area contributed by atoms with Gasteiger partial charge in [0.25, 0.3) is 5.91 Å². The molecule has 30 heavy (non-hydrogen) atoms. The van der Waals surface area contributed by atoms with Gasteiger partial charge >= 0.3 is 0 Å². The third-order valence-electron chi connectivity index (χ3n) is 4.67. The second-order valence-corrected chi connectivity index (χ2v) is 8.21. The highest BCUT2D eigenvalue weighted by atomic mass is 79.9. The Bertz CT molecular complexity index is 916. The number of nitrogens with zero attached hydrogens (tertiary/aromatic N) is 1. The van der Waals surface area contributed by atoms with E-state index in [0.717, 1.165) is 22.9 Å². The van der Waals surface area contributed by atoms with Gasteiger partial charge in [-0.25, -0.2) is 0 Å². The zero-order valence-electron chi connectivity index (χ0n) is 17.7. The van der Waals surface area contributed by atoms with Crippen LogP contribution < -0.4 is 10.1 Å². The van der Waals surface area contributed by atoms with Gasteiger partial charge in [-0.3, -0.25) is 4.79 Å². The Balaban J connectivity index is 2.06. The van der Waals surface area contributed by atoms with E-state index in [-0.39, 0.29) is 5.57 Å². The van der Waals surface area contributed by atoms with Gasteiger partial charge in [0.15, 0.2) is 0 Å². The first-order chi connectivity index (χ1) is 14.5. The minimum atomic E-state index is -0.440. The number of anilines is 1. The molecule has 0 atom stereocenters. The first-order valence-corrected chi connectivity index (χ1v) is 11.2. The van der Waals surface area contributed by atoms with Crippen LogP contribution in [0.25, 0.3) is 6.08 Å². The maximum absolute atomic E-state index is 12.6. The summed E-state index contributed by atoms with van der Waals surface area (Å²) in [4.78, 5) is 12.6. The highest BCUT2D eigenvalue weighted by Crippen LogP contribution is 2.26. The standard InChI is InChI=1S/C25H29BrN2O2/c1-3-4-5-6-7-8-14-30-24-13-12-22(26)17-20(24)16-21(18-27)25(29)28-23-11-9-10-19(2)15-23/h9-13,15-17H,3-8,14H2,1-2H3,(H,28,29)/b21-16+. The molecule has 0 unspecified atom stereocenters. The van der Waals surface area contributed by atoms with E-state index in [1.54, 1.807) is 12.1 Å². The molecule has 2 aromatic carbocycles. The van der Waals surface area contributed by atoms with Crippen molar-refractivity contribution in [2.75, 3.05) is 11.9 Å². The first-order valence-electron chi connectivity index (χ1n) is 10.5. The maximum Gasteiger partial charge on any atom is 0.266 e. The van der Waals surface area contributed by atoms with Crippen molar-refractivity contribution >= 4 is 33.6 Å². The lowest BCUT2D eigenvalue weighted by Crippen LogP contribution is -2.13. The fourth-order valence-electron chi connectivity index (χ4n) is 3.05. The monoisotopic (exact) mass is 468 g/mol. The molecule has 0 aromatic heterocycles. The molecule has 2 rings (SSSR count). The SMILES string of the molecule is CCCCCCCCOc1ccc(Br)cc1/C=C(\C#N)C(=O)Nc1cccc(C)c1. The van der Waals surface area contributed by atoms with Gasteiger partial charge in [-0.15, -0.1) is 0 Å². The van der Waals surface area contributed by atoms with Crippen LogP contribution in [0, 0.1) is 18.3 Å². The average Bonchev–Trinajstić information content (AvgIpc) is 2.72. The largest absolute Gasteiger partial charge is 0.493 e. The molecule has 0 saturated carbocycles. The van der Waals surface area contributed by atoms with Gasteiger partial charge in [-0.05, 0) is 55.3 Å². The molecule has 2 aromatic rings. The molecule has 0 heterocycles. The summed E-state index contributed by atoms with van der Waals surface area (Å²) in [5.74, 6) is 0.229. The minimum absolute atomic E-state index is 0.0269. The van der Waals surface area contributed by atoms with Crippen LogP contribution in [0.2, 0.25) is 0 Å². The molecule has 1 amide bonds. The van der Waals surface area contributed by atoms with Gasteiger partial charge in [0.2, 0.25) is 0 Å². The number of unbranched alkanes of at least 4 members (excludes halogenated alkanes) is 5. The Labute approximate surface area is 188 Å². The molecule has 0 radical (unpaired) electrons. The van der Waals surface area contributed by atoms with Crippen molar-refractivity contribution < 1.29 is 9.53 Å². The second kappa shape index (κ2) is 12.9. The van der Waals surface area contributed by atoms with Crippen LogP contribution in [0.4, 0.5) is 5.69 Å². The fourth-order valence-corrected chi connectivity index (χ4v) is 3.43. The van der Waals surface area contributed by atoms with E-state index < -0.39 is 5.91 Å². The Morgan fingerprint density at radius 3 is 2.63 bits per heavy atom. The van der Waals surface area contributed by atoms with Crippen molar-refractivity contribution in [2.45, 2.75) is 52.4 Å². The quantitative estimate of drug-likeness (QED) is 0.218. The summed E-state index contributed by atoms with van der Waals surface area (Å²) >= 11 is 3.46. The number of carbonyl (C=O) groups excluding carboxylic acids is 1. The molecule has 1 N–H and O–H groups in total. The molecule has 0 aliphatic carbocycles. The number of amides is 1. The zero-order valence-corrected chi connectivity index (χ0v) is 19.3. The van der Waals surface area contributed by atoms with Crippen molar-refractivity contribution in [2.24, 2.45) is 0 Å². The molecule has 5 heteroatoms.